The molecule has 1 atom stereocenters. The normalized spacial score (nSPS) is 26.6. The summed E-state index contributed by atoms with van der Waals surface area (Å²) in [4.78, 5) is 2.04. The van der Waals surface area contributed by atoms with Crippen molar-refractivity contribution in [2.24, 2.45) is 0 Å². The highest BCUT2D eigenvalue weighted by molar-refractivity contribution is 4.68. The lowest BCUT2D eigenvalue weighted by Crippen LogP contribution is -2.32. The van der Waals surface area contributed by atoms with Crippen LogP contribution in [0.25, 0.3) is 0 Å². The number of hydrogen-bond donors (Lipinski definition) is 0. The molecule has 1 fully saturated rings. The average Bonchev–Trinajstić information content (AvgIpc) is 1.91. The van der Waals surface area contributed by atoms with Crippen LogP contribution < -0.4 is 0 Å². The molecule has 10 heavy (non-hydrogen) atoms. The highest BCUT2D eigenvalue weighted by atomic mass is 19.1. The molecule has 0 aromatic heterocycles. The van der Waals surface area contributed by atoms with Crippen LogP contribution >= 0.6 is 0 Å². The van der Waals surface area contributed by atoms with Crippen LogP contribution in [0.5, 0.6) is 0 Å². The standard InChI is InChI=1S/C6H12FN.C2H2/c1-8-4-2-3-6(7)5-8;1-2/h6H,2-5H2,1H3;1-2H/t6-;/m0./s1. The van der Waals surface area contributed by atoms with E-state index >= 15 is 0 Å². The van der Waals surface area contributed by atoms with E-state index in [9.17, 15) is 4.39 Å². The fraction of sp³-hybridized carbons (Fsp3) is 0.750. The van der Waals surface area contributed by atoms with Gasteiger partial charge >= 0.3 is 0 Å². The van der Waals surface area contributed by atoms with Crippen LogP contribution in [0.3, 0.4) is 0 Å². The lowest BCUT2D eigenvalue weighted by Gasteiger charge is -2.24. The number of alkyl halides is 1. The van der Waals surface area contributed by atoms with Crippen molar-refractivity contribution in [3.05, 3.63) is 0 Å². The third-order valence-corrected chi connectivity index (χ3v) is 1.57. The minimum absolute atomic E-state index is 0.561. The summed E-state index contributed by atoms with van der Waals surface area (Å²) in [6.07, 6.45) is 9.23. The second-order valence-corrected chi connectivity index (χ2v) is 2.50. The van der Waals surface area contributed by atoms with Gasteiger partial charge in [-0.05, 0) is 26.4 Å². The maximum atomic E-state index is 12.4. The maximum absolute atomic E-state index is 12.4. The Morgan fingerprint density at radius 3 is 2.40 bits per heavy atom. The Morgan fingerprint density at radius 1 is 1.50 bits per heavy atom. The molecule has 0 N–H and O–H groups in total. The number of nitrogens with zero attached hydrogens (tertiary/aromatic N) is 1. The van der Waals surface area contributed by atoms with Gasteiger partial charge in [-0.3, -0.25) is 0 Å². The van der Waals surface area contributed by atoms with Crippen LogP contribution in [0.1, 0.15) is 12.8 Å². The zero-order valence-corrected chi connectivity index (χ0v) is 6.39. The van der Waals surface area contributed by atoms with E-state index in [4.69, 9.17) is 0 Å². The van der Waals surface area contributed by atoms with Crippen molar-refractivity contribution in [2.45, 2.75) is 19.0 Å². The smallest absolute Gasteiger partial charge is 0.113 e. The number of piperidine rings is 1. The molecule has 1 heterocycles. The van der Waals surface area contributed by atoms with Crippen LogP contribution in [0.2, 0.25) is 0 Å². The fourth-order valence-electron chi connectivity index (χ4n) is 1.10. The maximum Gasteiger partial charge on any atom is 0.113 e. The summed E-state index contributed by atoms with van der Waals surface area (Å²) < 4.78 is 12.4. The summed E-state index contributed by atoms with van der Waals surface area (Å²) in [7, 11) is 1.96. The molecule has 1 aliphatic heterocycles. The minimum Gasteiger partial charge on any atom is -0.303 e. The Hall–Kier alpha value is -0.550. The first-order valence-corrected chi connectivity index (χ1v) is 3.45. The molecule has 0 saturated carbocycles. The molecule has 1 nitrogen and oxygen atoms in total. The number of terminal acetylenes is 1. The van der Waals surface area contributed by atoms with Crippen molar-refractivity contribution < 1.29 is 4.39 Å². The van der Waals surface area contributed by atoms with Gasteiger partial charge in [0.1, 0.15) is 6.17 Å². The zero-order valence-electron chi connectivity index (χ0n) is 6.39. The Balaban J connectivity index is 0.000000371. The third kappa shape index (κ3) is 3.47. The minimum atomic E-state index is -0.561. The van der Waals surface area contributed by atoms with E-state index in [1.165, 1.54) is 0 Å². The van der Waals surface area contributed by atoms with Crippen LogP contribution in [-0.2, 0) is 0 Å². The molecule has 0 unspecified atom stereocenters. The van der Waals surface area contributed by atoms with E-state index in [2.05, 4.69) is 12.8 Å². The van der Waals surface area contributed by atoms with Gasteiger partial charge < -0.3 is 4.90 Å². The number of rotatable bonds is 0. The first kappa shape index (κ1) is 9.45. The van der Waals surface area contributed by atoms with Crippen molar-refractivity contribution in [3.8, 4) is 12.8 Å². The molecule has 0 spiro atoms. The first-order chi connectivity index (χ1) is 4.79. The topological polar surface area (TPSA) is 3.24 Å². The molecule has 0 aliphatic carbocycles. The third-order valence-electron chi connectivity index (χ3n) is 1.57. The molecule has 0 aromatic rings. The number of halogens is 1. The van der Waals surface area contributed by atoms with Gasteiger partial charge in [0.25, 0.3) is 0 Å². The fourth-order valence-corrected chi connectivity index (χ4v) is 1.10. The van der Waals surface area contributed by atoms with E-state index in [1.54, 1.807) is 0 Å². The van der Waals surface area contributed by atoms with E-state index in [0.717, 1.165) is 19.4 Å². The van der Waals surface area contributed by atoms with Crippen LogP contribution in [0.15, 0.2) is 0 Å². The van der Waals surface area contributed by atoms with Crippen molar-refractivity contribution in [1.82, 2.24) is 4.90 Å². The highest BCUT2D eigenvalue weighted by Crippen LogP contribution is 2.09. The van der Waals surface area contributed by atoms with Gasteiger partial charge in [-0.2, -0.15) is 0 Å². The van der Waals surface area contributed by atoms with Gasteiger partial charge in [0.05, 0.1) is 0 Å². The van der Waals surface area contributed by atoms with Gasteiger partial charge in [0, 0.05) is 6.54 Å². The van der Waals surface area contributed by atoms with Gasteiger partial charge in [0.2, 0.25) is 0 Å². The second kappa shape index (κ2) is 5.25. The molecule has 1 aliphatic rings. The molecular weight excluding hydrogens is 129 g/mol. The molecule has 0 aromatic carbocycles. The van der Waals surface area contributed by atoms with Crippen molar-refractivity contribution in [1.29, 1.82) is 0 Å². The molecule has 0 amide bonds. The van der Waals surface area contributed by atoms with Crippen LogP contribution in [-0.4, -0.2) is 31.2 Å². The first-order valence-electron chi connectivity index (χ1n) is 3.45. The van der Waals surface area contributed by atoms with E-state index in [0.29, 0.717) is 6.54 Å². The number of likely N-dealkylation sites (tertiary alicyclic amines) is 1. The average molecular weight is 143 g/mol. The molecule has 2 heteroatoms. The summed E-state index contributed by atoms with van der Waals surface area (Å²) in [5.74, 6) is 0. The van der Waals surface area contributed by atoms with Crippen molar-refractivity contribution >= 4 is 0 Å². The lowest BCUT2D eigenvalue weighted by molar-refractivity contribution is 0.163. The van der Waals surface area contributed by atoms with Gasteiger partial charge in [-0.25, -0.2) is 4.39 Å². The van der Waals surface area contributed by atoms with Gasteiger partial charge in [0.15, 0.2) is 0 Å². The Kier molecular flexibility index (Phi) is 4.96. The Bertz CT molecular complexity index is 92.7. The summed E-state index contributed by atoms with van der Waals surface area (Å²) in [5.41, 5.74) is 0. The predicted octanol–water partition coefficient (Wildman–Crippen LogP) is 1.30. The molecule has 1 saturated heterocycles. The zero-order chi connectivity index (χ0) is 7.98. The largest absolute Gasteiger partial charge is 0.303 e. The molecular formula is C8H14FN. The van der Waals surface area contributed by atoms with Gasteiger partial charge in [-0.1, -0.05) is 0 Å². The highest BCUT2D eigenvalue weighted by Gasteiger charge is 2.14. The van der Waals surface area contributed by atoms with Gasteiger partial charge in [-0.15, -0.1) is 12.8 Å². The SMILES string of the molecule is C#C.CN1CCC[C@H](F)C1. The number of hydrogen-bond acceptors (Lipinski definition) is 1. The van der Waals surface area contributed by atoms with Crippen LogP contribution in [0.4, 0.5) is 4.39 Å². The Labute approximate surface area is 62.2 Å². The van der Waals surface area contributed by atoms with Crippen molar-refractivity contribution in [2.75, 3.05) is 20.1 Å². The Morgan fingerprint density at radius 2 is 2.10 bits per heavy atom. The van der Waals surface area contributed by atoms with E-state index in [-0.39, 0.29) is 0 Å². The van der Waals surface area contributed by atoms with Crippen LogP contribution in [0, 0.1) is 12.8 Å². The quantitative estimate of drug-likeness (QED) is 0.462. The van der Waals surface area contributed by atoms with E-state index in [1.807, 2.05) is 11.9 Å². The predicted molar refractivity (Wildman–Crippen MR) is 41.5 cm³/mol. The molecule has 0 radical (unpaired) electrons. The summed E-state index contributed by atoms with van der Waals surface area (Å²) in [6.45, 7) is 1.71. The second-order valence-electron chi connectivity index (χ2n) is 2.50. The van der Waals surface area contributed by atoms with Crippen molar-refractivity contribution in [3.63, 3.8) is 0 Å². The van der Waals surface area contributed by atoms with E-state index < -0.39 is 6.17 Å². The molecule has 1 rings (SSSR count). The summed E-state index contributed by atoms with van der Waals surface area (Å²) in [5, 5.41) is 0. The molecule has 0 bridgehead atoms. The summed E-state index contributed by atoms with van der Waals surface area (Å²) in [6, 6.07) is 0. The monoisotopic (exact) mass is 143 g/mol. The molecule has 58 valence electrons. The summed E-state index contributed by atoms with van der Waals surface area (Å²) >= 11 is 0. The lowest BCUT2D eigenvalue weighted by atomic mass is 10.1.